The Labute approximate surface area is 103 Å². The maximum atomic E-state index is 6.11. The number of benzene rings is 1. The SMILES string of the molecule is Clc1cccc2c1OC(c1ccsc1)CN2. The summed E-state index contributed by atoms with van der Waals surface area (Å²) in [5, 5.41) is 8.16. The van der Waals surface area contributed by atoms with Crippen LogP contribution in [0.2, 0.25) is 5.02 Å². The first kappa shape index (κ1) is 10.00. The van der Waals surface area contributed by atoms with Gasteiger partial charge in [0.25, 0.3) is 0 Å². The van der Waals surface area contributed by atoms with Crippen molar-refractivity contribution in [3.63, 3.8) is 0 Å². The molecule has 0 fully saturated rings. The number of rotatable bonds is 1. The molecule has 0 spiro atoms. The highest BCUT2D eigenvalue weighted by Crippen LogP contribution is 2.39. The van der Waals surface area contributed by atoms with Crippen LogP contribution in [0, 0.1) is 0 Å². The van der Waals surface area contributed by atoms with Gasteiger partial charge in [-0.05, 0) is 29.0 Å². The van der Waals surface area contributed by atoms with E-state index in [0.717, 1.165) is 18.0 Å². The van der Waals surface area contributed by atoms with E-state index in [1.165, 1.54) is 5.56 Å². The summed E-state index contributed by atoms with van der Waals surface area (Å²) in [6.45, 7) is 0.782. The maximum absolute atomic E-state index is 6.11. The number of thiophene rings is 1. The molecule has 0 amide bonds. The Hall–Kier alpha value is -1.19. The van der Waals surface area contributed by atoms with Crippen molar-refractivity contribution >= 4 is 28.6 Å². The summed E-state index contributed by atoms with van der Waals surface area (Å²) >= 11 is 7.78. The second kappa shape index (κ2) is 4.00. The van der Waals surface area contributed by atoms with Crippen LogP contribution < -0.4 is 10.1 Å². The molecular weight excluding hydrogens is 242 g/mol. The zero-order valence-corrected chi connectivity index (χ0v) is 10.0. The van der Waals surface area contributed by atoms with Gasteiger partial charge in [-0.15, -0.1) is 0 Å². The molecule has 16 heavy (non-hydrogen) atoms. The predicted molar refractivity (Wildman–Crippen MR) is 67.6 cm³/mol. The van der Waals surface area contributed by atoms with Gasteiger partial charge < -0.3 is 10.1 Å². The Kier molecular flexibility index (Phi) is 2.50. The molecule has 0 saturated heterocycles. The lowest BCUT2D eigenvalue weighted by Crippen LogP contribution is -2.23. The number of hydrogen-bond acceptors (Lipinski definition) is 3. The van der Waals surface area contributed by atoms with E-state index in [9.17, 15) is 0 Å². The third-order valence-electron chi connectivity index (χ3n) is 2.62. The quantitative estimate of drug-likeness (QED) is 0.829. The standard InChI is InChI=1S/C12H10ClNOS/c13-9-2-1-3-10-12(9)15-11(6-14-10)8-4-5-16-7-8/h1-5,7,11,14H,6H2. The number of para-hydroxylation sites is 1. The zero-order chi connectivity index (χ0) is 11.0. The Morgan fingerprint density at radius 1 is 1.38 bits per heavy atom. The van der Waals surface area contributed by atoms with E-state index in [-0.39, 0.29) is 6.10 Å². The Bertz CT molecular complexity index is 498. The van der Waals surface area contributed by atoms with Crippen LogP contribution in [0.3, 0.4) is 0 Å². The molecule has 2 heterocycles. The van der Waals surface area contributed by atoms with Crippen molar-refractivity contribution in [3.8, 4) is 5.75 Å². The van der Waals surface area contributed by atoms with E-state index in [2.05, 4.69) is 22.1 Å². The van der Waals surface area contributed by atoms with Crippen molar-refractivity contribution in [1.29, 1.82) is 0 Å². The summed E-state index contributed by atoms with van der Waals surface area (Å²) in [6.07, 6.45) is 0.0543. The van der Waals surface area contributed by atoms with Gasteiger partial charge in [0.2, 0.25) is 0 Å². The molecule has 1 N–H and O–H groups in total. The third-order valence-corrected chi connectivity index (χ3v) is 3.62. The molecule has 1 atom stereocenters. The van der Waals surface area contributed by atoms with E-state index >= 15 is 0 Å². The first-order valence-corrected chi connectivity index (χ1v) is 6.38. The van der Waals surface area contributed by atoms with Crippen molar-refractivity contribution in [2.24, 2.45) is 0 Å². The van der Waals surface area contributed by atoms with Crippen LogP contribution in [0.5, 0.6) is 5.75 Å². The van der Waals surface area contributed by atoms with Crippen molar-refractivity contribution in [3.05, 3.63) is 45.6 Å². The predicted octanol–water partition coefficient (Wildman–Crippen LogP) is 3.95. The van der Waals surface area contributed by atoms with Crippen molar-refractivity contribution in [1.82, 2.24) is 0 Å². The van der Waals surface area contributed by atoms with Crippen LogP contribution in [0.25, 0.3) is 0 Å². The molecule has 1 aromatic carbocycles. The first-order valence-electron chi connectivity index (χ1n) is 5.06. The lowest BCUT2D eigenvalue weighted by Gasteiger charge is -2.27. The van der Waals surface area contributed by atoms with Gasteiger partial charge in [0.15, 0.2) is 5.75 Å². The van der Waals surface area contributed by atoms with Crippen LogP contribution in [0.4, 0.5) is 5.69 Å². The number of halogens is 1. The monoisotopic (exact) mass is 251 g/mol. The van der Waals surface area contributed by atoms with Crippen LogP contribution in [0.15, 0.2) is 35.0 Å². The van der Waals surface area contributed by atoms with Crippen molar-refractivity contribution < 1.29 is 4.74 Å². The fraction of sp³-hybridized carbons (Fsp3) is 0.167. The van der Waals surface area contributed by atoms with E-state index in [4.69, 9.17) is 16.3 Å². The van der Waals surface area contributed by atoms with E-state index in [1.807, 2.05) is 18.2 Å². The second-order valence-electron chi connectivity index (χ2n) is 3.66. The average molecular weight is 252 g/mol. The molecular formula is C12H10ClNOS. The fourth-order valence-electron chi connectivity index (χ4n) is 1.80. The normalized spacial score (nSPS) is 18.4. The highest BCUT2D eigenvalue weighted by Gasteiger charge is 2.22. The van der Waals surface area contributed by atoms with Gasteiger partial charge in [-0.2, -0.15) is 11.3 Å². The molecule has 0 saturated carbocycles. The molecule has 0 bridgehead atoms. The highest BCUT2D eigenvalue weighted by molar-refractivity contribution is 7.07. The molecule has 1 unspecified atom stereocenters. The van der Waals surface area contributed by atoms with Crippen LogP contribution in [-0.2, 0) is 0 Å². The molecule has 0 radical (unpaired) electrons. The van der Waals surface area contributed by atoms with Gasteiger partial charge in [0.1, 0.15) is 6.10 Å². The molecule has 3 rings (SSSR count). The lowest BCUT2D eigenvalue weighted by molar-refractivity contribution is 0.211. The lowest BCUT2D eigenvalue weighted by atomic mass is 10.1. The zero-order valence-electron chi connectivity index (χ0n) is 8.44. The molecule has 4 heteroatoms. The van der Waals surface area contributed by atoms with Gasteiger partial charge in [-0.25, -0.2) is 0 Å². The summed E-state index contributed by atoms with van der Waals surface area (Å²) in [4.78, 5) is 0. The third kappa shape index (κ3) is 1.66. The number of hydrogen-bond donors (Lipinski definition) is 1. The van der Waals surface area contributed by atoms with Gasteiger partial charge in [0, 0.05) is 5.56 Å². The van der Waals surface area contributed by atoms with Crippen LogP contribution in [0.1, 0.15) is 11.7 Å². The minimum Gasteiger partial charge on any atom is -0.480 e. The molecule has 1 aliphatic heterocycles. The van der Waals surface area contributed by atoms with Crippen LogP contribution in [-0.4, -0.2) is 6.54 Å². The molecule has 2 aromatic rings. The number of fused-ring (bicyclic) bond motifs is 1. The summed E-state index contributed by atoms with van der Waals surface area (Å²) in [5.41, 5.74) is 2.17. The largest absolute Gasteiger partial charge is 0.480 e. The topological polar surface area (TPSA) is 21.3 Å². The van der Waals surface area contributed by atoms with Gasteiger partial charge >= 0.3 is 0 Å². The second-order valence-corrected chi connectivity index (χ2v) is 4.85. The van der Waals surface area contributed by atoms with Crippen molar-refractivity contribution in [2.75, 3.05) is 11.9 Å². The molecule has 1 aromatic heterocycles. The Morgan fingerprint density at radius 3 is 3.12 bits per heavy atom. The Morgan fingerprint density at radius 2 is 2.31 bits per heavy atom. The fourth-order valence-corrected chi connectivity index (χ4v) is 2.72. The first-order chi connectivity index (χ1) is 7.84. The Balaban J connectivity index is 1.94. The van der Waals surface area contributed by atoms with Gasteiger partial charge in [-0.3, -0.25) is 0 Å². The number of ether oxygens (including phenoxy) is 1. The van der Waals surface area contributed by atoms with Crippen molar-refractivity contribution in [2.45, 2.75) is 6.10 Å². The summed E-state index contributed by atoms with van der Waals surface area (Å²) in [7, 11) is 0. The summed E-state index contributed by atoms with van der Waals surface area (Å²) < 4.78 is 5.92. The number of nitrogens with one attached hydrogen (secondary N) is 1. The van der Waals surface area contributed by atoms with E-state index in [1.54, 1.807) is 11.3 Å². The molecule has 82 valence electrons. The molecule has 0 aliphatic carbocycles. The van der Waals surface area contributed by atoms with E-state index < -0.39 is 0 Å². The van der Waals surface area contributed by atoms with Gasteiger partial charge in [-0.1, -0.05) is 17.7 Å². The van der Waals surface area contributed by atoms with E-state index in [0.29, 0.717) is 5.02 Å². The minimum atomic E-state index is 0.0543. The summed E-state index contributed by atoms with van der Waals surface area (Å²) in [6, 6.07) is 7.82. The smallest absolute Gasteiger partial charge is 0.162 e. The summed E-state index contributed by atoms with van der Waals surface area (Å²) in [5.74, 6) is 0.756. The van der Waals surface area contributed by atoms with Crippen LogP contribution >= 0.6 is 22.9 Å². The molecule has 2 nitrogen and oxygen atoms in total. The minimum absolute atomic E-state index is 0.0543. The average Bonchev–Trinajstić information content (AvgIpc) is 2.83. The maximum Gasteiger partial charge on any atom is 0.162 e. The van der Waals surface area contributed by atoms with Gasteiger partial charge in [0.05, 0.1) is 17.3 Å². The molecule has 1 aliphatic rings. The number of anilines is 1. The highest BCUT2D eigenvalue weighted by atomic mass is 35.5.